The number of hydrogen-bond donors (Lipinski definition) is 1. The molecule has 1 aromatic carbocycles. The summed E-state index contributed by atoms with van der Waals surface area (Å²) in [7, 11) is 0. The fourth-order valence-electron chi connectivity index (χ4n) is 2.06. The van der Waals surface area contributed by atoms with Crippen molar-refractivity contribution in [1.82, 2.24) is 5.32 Å². The van der Waals surface area contributed by atoms with E-state index in [1.807, 2.05) is 6.92 Å². The highest BCUT2D eigenvalue weighted by Gasteiger charge is 2.21. The third-order valence-corrected chi connectivity index (χ3v) is 3.48. The van der Waals surface area contributed by atoms with Gasteiger partial charge in [0.2, 0.25) is 0 Å². The van der Waals surface area contributed by atoms with Crippen LogP contribution < -0.4 is 10.1 Å². The molecule has 1 N–H and O–H groups in total. The first-order valence-corrected chi connectivity index (χ1v) is 7.56. The Balaban J connectivity index is 2.27. The maximum atomic E-state index is 13.1. The topological polar surface area (TPSA) is 45.0 Å². The smallest absolute Gasteiger partial charge is 0.126 e. The molecule has 21 heavy (non-hydrogen) atoms. The van der Waals surface area contributed by atoms with Gasteiger partial charge >= 0.3 is 0 Å². The van der Waals surface area contributed by atoms with Gasteiger partial charge in [0, 0.05) is 0 Å². The third-order valence-electron chi connectivity index (χ3n) is 3.48. The van der Waals surface area contributed by atoms with Crippen molar-refractivity contribution in [3.8, 4) is 11.8 Å². The van der Waals surface area contributed by atoms with Crippen LogP contribution in [-0.2, 0) is 0 Å². The van der Waals surface area contributed by atoms with Crippen LogP contribution in [0.15, 0.2) is 18.2 Å². The SMILES string of the molecule is CCCNC(C)(C#N)CCCCOc1ccc(F)c(C)c1. The van der Waals surface area contributed by atoms with E-state index >= 15 is 0 Å². The predicted molar refractivity (Wildman–Crippen MR) is 82.8 cm³/mol. The van der Waals surface area contributed by atoms with Gasteiger partial charge in [0.05, 0.1) is 12.7 Å². The zero-order chi connectivity index (χ0) is 15.7. The van der Waals surface area contributed by atoms with E-state index in [9.17, 15) is 9.65 Å². The van der Waals surface area contributed by atoms with Crippen molar-refractivity contribution in [2.45, 2.75) is 52.0 Å². The lowest BCUT2D eigenvalue weighted by Gasteiger charge is -2.22. The molecule has 0 aromatic heterocycles. The first-order valence-electron chi connectivity index (χ1n) is 7.56. The number of rotatable bonds is 9. The Kier molecular flexibility index (Phi) is 7.18. The number of nitrogens with zero attached hydrogens (tertiary/aromatic N) is 1. The van der Waals surface area contributed by atoms with Gasteiger partial charge in [-0.05, 0) is 69.8 Å². The summed E-state index contributed by atoms with van der Waals surface area (Å²) in [6.45, 7) is 7.19. The molecule has 116 valence electrons. The van der Waals surface area contributed by atoms with Crippen LogP contribution in [0.4, 0.5) is 4.39 Å². The lowest BCUT2D eigenvalue weighted by molar-refractivity contribution is 0.295. The number of hydrogen-bond acceptors (Lipinski definition) is 3. The summed E-state index contributed by atoms with van der Waals surface area (Å²) >= 11 is 0. The maximum Gasteiger partial charge on any atom is 0.126 e. The van der Waals surface area contributed by atoms with Crippen LogP contribution in [0.1, 0.15) is 45.1 Å². The highest BCUT2D eigenvalue weighted by molar-refractivity contribution is 5.28. The van der Waals surface area contributed by atoms with E-state index in [-0.39, 0.29) is 5.82 Å². The fourth-order valence-corrected chi connectivity index (χ4v) is 2.06. The summed E-state index contributed by atoms with van der Waals surface area (Å²) in [6.07, 6.45) is 3.61. The summed E-state index contributed by atoms with van der Waals surface area (Å²) in [5.41, 5.74) is 0.135. The summed E-state index contributed by atoms with van der Waals surface area (Å²) in [6, 6.07) is 7.11. The number of ether oxygens (including phenoxy) is 1. The minimum absolute atomic E-state index is 0.214. The van der Waals surface area contributed by atoms with E-state index in [4.69, 9.17) is 4.74 Å². The molecule has 0 aliphatic carbocycles. The van der Waals surface area contributed by atoms with Crippen LogP contribution in [0.25, 0.3) is 0 Å². The van der Waals surface area contributed by atoms with Gasteiger partial charge in [-0.2, -0.15) is 5.26 Å². The standard InChI is InChI=1S/C17H25FN2O/c1-4-10-20-17(3,13-19)9-5-6-11-21-15-7-8-16(18)14(2)12-15/h7-8,12,20H,4-6,9-11H2,1-3H3. The molecule has 0 radical (unpaired) electrons. The molecule has 0 amide bonds. The van der Waals surface area contributed by atoms with Gasteiger partial charge in [-0.15, -0.1) is 0 Å². The third kappa shape index (κ3) is 6.14. The highest BCUT2D eigenvalue weighted by Crippen LogP contribution is 2.17. The molecule has 0 aliphatic heterocycles. The normalized spacial score (nSPS) is 13.5. The number of nitriles is 1. The Morgan fingerprint density at radius 3 is 2.76 bits per heavy atom. The van der Waals surface area contributed by atoms with Crippen LogP contribution in [0.5, 0.6) is 5.75 Å². The van der Waals surface area contributed by atoms with Crippen molar-refractivity contribution in [2.24, 2.45) is 0 Å². The Labute approximate surface area is 127 Å². The Bertz CT molecular complexity index is 484. The molecular weight excluding hydrogens is 267 g/mol. The Morgan fingerprint density at radius 2 is 2.14 bits per heavy atom. The van der Waals surface area contributed by atoms with Crippen LogP contribution in [0, 0.1) is 24.1 Å². The second-order valence-corrected chi connectivity index (χ2v) is 5.59. The van der Waals surface area contributed by atoms with Gasteiger partial charge in [-0.3, -0.25) is 5.32 Å². The van der Waals surface area contributed by atoms with Crippen molar-refractivity contribution in [1.29, 1.82) is 5.26 Å². The van der Waals surface area contributed by atoms with Crippen molar-refractivity contribution in [3.05, 3.63) is 29.6 Å². The van der Waals surface area contributed by atoms with E-state index in [0.717, 1.165) is 32.2 Å². The van der Waals surface area contributed by atoms with E-state index in [2.05, 4.69) is 18.3 Å². The van der Waals surface area contributed by atoms with E-state index in [0.29, 0.717) is 17.9 Å². The fraction of sp³-hybridized carbons (Fsp3) is 0.588. The molecule has 0 aliphatic rings. The summed E-state index contributed by atoms with van der Waals surface area (Å²) in [4.78, 5) is 0. The lowest BCUT2D eigenvalue weighted by atomic mass is 9.96. The molecule has 0 saturated carbocycles. The zero-order valence-electron chi connectivity index (χ0n) is 13.2. The van der Waals surface area contributed by atoms with Crippen LogP contribution >= 0.6 is 0 Å². The predicted octanol–water partition coefficient (Wildman–Crippen LogP) is 3.97. The summed E-state index contributed by atoms with van der Waals surface area (Å²) in [5, 5.41) is 12.5. The average Bonchev–Trinajstić information content (AvgIpc) is 2.48. The summed E-state index contributed by atoms with van der Waals surface area (Å²) < 4.78 is 18.7. The van der Waals surface area contributed by atoms with Crippen molar-refractivity contribution in [3.63, 3.8) is 0 Å². The molecular formula is C17H25FN2O. The van der Waals surface area contributed by atoms with E-state index in [1.54, 1.807) is 19.1 Å². The van der Waals surface area contributed by atoms with E-state index in [1.165, 1.54) is 6.07 Å². The molecule has 1 atom stereocenters. The van der Waals surface area contributed by atoms with Crippen LogP contribution in [0.3, 0.4) is 0 Å². The number of benzene rings is 1. The quantitative estimate of drug-likeness (QED) is 0.701. The van der Waals surface area contributed by atoms with Crippen molar-refractivity contribution >= 4 is 0 Å². The van der Waals surface area contributed by atoms with Gasteiger partial charge in [0.1, 0.15) is 17.1 Å². The number of unbranched alkanes of at least 4 members (excludes halogenated alkanes) is 1. The van der Waals surface area contributed by atoms with Crippen molar-refractivity contribution < 1.29 is 9.13 Å². The molecule has 0 saturated heterocycles. The van der Waals surface area contributed by atoms with E-state index < -0.39 is 5.54 Å². The second-order valence-electron chi connectivity index (χ2n) is 5.59. The van der Waals surface area contributed by atoms with Gasteiger partial charge < -0.3 is 4.74 Å². The minimum Gasteiger partial charge on any atom is -0.494 e. The lowest BCUT2D eigenvalue weighted by Crippen LogP contribution is -2.41. The Hall–Kier alpha value is -1.60. The first-order chi connectivity index (χ1) is 10.0. The van der Waals surface area contributed by atoms with Crippen LogP contribution in [0.2, 0.25) is 0 Å². The van der Waals surface area contributed by atoms with Crippen LogP contribution in [-0.4, -0.2) is 18.7 Å². The van der Waals surface area contributed by atoms with Gasteiger partial charge in [0.25, 0.3) is 0 Å². The molecule has 0 heterocycles. The maximum absolute atomic E-state index is 13.1. The number of halogens is 1. The number of aryl methyl sites for hydroxylation is 1. The molecule has 1 aromatic rings. The largest absolute Gasteiger partial charge is 0.494 e. The Morgan fingerprint density at radius 1 is 1.38 bits per heavy atom. The zero-order valence-corrected chi connectivity index (χ0v) is 13.2. The average molecular weight is 292 g/mol. The molecule has 1 unspecified atom stereocenters. The summed E-state index contributed by atoms with van der Waals surface area (Å²) in [5.74, 6) is 0.482. The highest BCUT2D eigenvalue weighted by atomic mass is 19.1. The molecule has 4 heteroatoms. The van der Waals surface area contributed by atoms with Gasteiger partial charge in [-0.25, -0.2) is 4.39 Å². The second kappa shape index (κ2) is 8.63. The van der Waals surface area contributed by atoms with Gasteiger partial charge in [0.15, 0.2) is 0 Å². The molecule has 1 rings (SSSR count). The monoisotopic (exact) mass is 292 g/mol. The molecule has 0 bridgehead atoms. The number of nitrogens with one attached hydrogen (secondary N) is 1. The minimum atomic E-state index is -0.456. The first kappa shape index (κ1) is 17.5. The van der Waals surface area contributed by atoms with Gasteiger partial charge in [-0.1, -0.05) is 6.92 Å². The molecule has 0 fully saturated rings. The van der Waals surface area contributed by atoms with Crippen molar-refractivity contribution in [2.75, 3.05) is 13.2 Å². The molecule has 0 spiro atoms. The molecule has 3 nitrogen and oxygen atoms in total.